The number of benzene rings is 2. The summed E-state index contributed by atoms with van der Waals surface area (Å²) in [6.45, 7) is 2.44. The van der Waals surface area contributed by atoms with Crippen LogP contribution in [0.5, 0.6) is 5.75 Å². The van der Waals surface area contributed by atoms with Crippen LogP contribution in [0.1, 0.15) is 33.1 Å². The highest BCUT2D eigenvalue weighted by Gasteiger charge is 2.25. The summed E-state index contributed by atoms with van der Waals surface area (Å²) in [6.07, 6.45) is 2.68. The molecule has 1 unspecified atom stereocenters. The molecule has 2 aromatic rings. The second-order valence-electron chi connectivity index (χ2n) is 5.89. The van der Waals surface area contributed by atoms with Crippen molar-refractivity contribution in [1.82, 2.24) is 5.32 Å². The van der Waals surface area contributed by atoms with Crippen LogP contribution in [0.2, 0.25) is 0 Å². The van der Waals surface area contributed by atoms with Gasteiger partial charge in [-0.25, -0.2) is 4.79 Å². The fourth-order valence-corrected chi connectivity index (χ4v) is 3.30. The summed E-state index contributed by atoms with van der Waals surface area (Å²) in [4.78, 5) is 25.3. The Bertz CT molecular complexity index is 834. The number of amides is 1. The topological polar surface area (TPSA) is 75.6 Å². The highest BCUT2D eigenvalue weighted by Crippen LogP contribution is 2.28. The number of hydrogen-bond donors (Lipinski definition) is 2. The molecule has 1 heterocycles. The van der Waals surface area contributed by atoms with Gasteiger partial charge in [0.05, 0.1) is 6.61 Å². The maximum Gasteiger partial charge on any atom is 0.330 e. The predicted octanol–water partition coefficient (Wildman–Crippen LogP) is 3.21. The molecule has 2 aromatic carbocycles. The minimum absolute atomic E-state index is 0.391. The number of hydrogen-bond acceptors (Lipinski definition) is 4. The summed E-state index contributed by atoms with van der Waals surface area (Å²) in [5.74, 6) is -0.703. The van der Waals surface area contributed by atoms with Crippen molar-refractivity contribution in [3.05, 3.63) is 58.7 Å². The first kappa shape index (κ1) is 17.4. The summed E-state index contributed by atoms with van der Waals surface area (Å²) in [6, 6.07) is 9.73. The minimum atomic E-state index is -1.10. The molecule has 1 atom stereocenters. The van der Waals surface area contributed by atoms with Gasteiger partial charge in [0.15, 0.2) is 6.04 Å². The molecule has 0 radical (unpaired) electrons. The van der Waals surface area contributed by atoms with Crippen molar-refractivity contribution >= 4 is 23.6 Å². The van der Waals surface area contributed by atoms with Gasteiger partial charge in [0.1, 0.15) is 5.75 Å². The lowest BCUT2D eigenvalue weighted by Crippen LogP contribution is -2.34. The van der Waals surface area contributed by atoms with Gasteiger partial charge in [-0.1, -0.05) is 12.1 Å². The van der Waals surface area contributed by atoms with Gasteiger partial charge in [0.25, 0.3) is 5.91 Å². The van der Waals surface area contributed by atoms with Crippen molar-refractivity contribution in [1.29, 1.82) is 0 Å². The predicted molar refractivity (Wildman–Crippen MR) is 96.4 cm³/mol. The van der Waals surface area contributed by atoms with E-state index in [1.54, 1.807) is 24.3 Å². The molecule has 25 heavy (non-hydrogen) atoms. The third-order valence-corrected chi connectivity index (χ3v) is 4.98. The van der Waals surface area contributed by atoms with Gasteiger partial charge in [0.2, 0.25) is 0 Å². The molecule has 5 nitrogen and oxygen atoms in total. The fourth-order valence-electron chi connectivity index (χ4n) is 2.86. The quantitative estimate of drug-likeness (QED) is 0.804. The number of aliphatic carboxylic acids is 1. The largest absolute Gasteiger partial charge is 0.493 e. The van der Waals surface area contributed by atoms with Gasteiger partial charge in [0, 0.05) is 16.9 Å². The number of carboxylic acid groups (broad SMARTS) is 1. The Morgan fingerprint density at radius 1 is 1.24 bits per heavy atom. The average Bonchev–Trinajstić information content (AvgIpc) is 3.07. The molecule has 0 spiro atoms. The molecule has 2 N–H and O–H groups in total. The van der Waals surface area contributed by atoms with E-state index >= 15 is 0 Å². The van der Waals surface area contributed by atoms with Gasteiger partial charge in [-0.3, -0.25) is 4.79 Å². The average molecular weight is 357 g/mol. The van der Waals surface area contributed by atoms with E-state index < -0.39 is 17.9 Å². The molecule has 6 heteroatoms. The minimum Gasteiger partial charge on any atom is -0.493 e. The van der Waals surface area contributed by atoms with Crippen LogP contribution in [0, 0.1) is 6.92 Å². The number of carbonyl (C=O) groups excluding carboxylic acids is 1. The third-order valence-electron chi connectivity index (χ3n) is 4.26. The highest BCUT2D eigenvalue weighted by molar-refractivity contribution is 7.98. The maximum absolute atomic E-state index is 12.6. The zero-order chi connectivity index (χ0) is 18.0. The van der Waals surface area contributed by atoms with E-state index in [1.165, 1.54) is 11.8 Å². The van der Waals surface area contributed by atoms with Crippen LogP contribution < -0.4 is 10.1 Å². The molecular formula is C19H19NO4S. The zero-order valence-corrected chi connectivity index (χ0v) is 14.9. The number of carboxylic acids is 1. The second kappa shape index (κ2) is 7.19. The molecule has 1 amide bonds. The molecule has 0 saturated carbocycles. The molecular weight excluding hydrogens is 338 g/mol. The lowest BCUT2D eigenvalue weighted by molar-refractivity contribution is -0.139. The first-order chi connectivity index (χ1) is 12.0. The fraction of sp³-hybridized carbons (Fsp3) is 0.263. The standard InChI is InChI=1S/C19H19NO4S/c1-11-3-5-14(25-2)10-15(11)18(21)20-17(19(22)23)13-4-6-16-12(9-13)7-8-24-16/h3-6,9-10,17H,7-8H2,1-2H3,(H,20,21)(H,22,23). The lowest BCUT2D eigenvalue weighted by Gasteiger charge is -2.17. The van der Waals surface area contributed by atoms with Crippen molar-refractivity contribution in [3.8, 4) is 5.75 Å². The SMILES string of the molecule is CSc1ccc(C)c(C(=O)NC(C(=O)O)c2ccc3c(c2)CCO3)c1. The van der Waals surface area contributed by atoms with Crippen LogP contribution in [0.15, 0.2) is 41.3 Å². The van der Waals surface area contributed by atoms with Gasteiger partial charge in [-0.2, -0.15) is 0 Å². The highest BCUT2D eigenvalue weighted by atomic mass is 32.2. The van der Waals surface area contributed by atoms with E-state index in [4.69, 9.17) is 4.74 Å². The first-order valence-corrected chi connectivity index (χ1v) is 9.16. The number of rotatable bonds is 5. The molecule has 1 aliphatic rings. The van der Waals surface area contributed by atoms with E-state index in [0.717, 1.165) is 28.2 Å². The molecule has 0 saturated heterocycles. The van der Waals surface area contributed by atoms with Crippen molar-refractivity contribution in [3.63, 3.8) is 0 Å². The molecule has 3 rings (SSSR count). The van der Waals surface area contributed by atoms with Gasteiger partial charge in [-0.05, 0) is 54.1 Å². The van der Waals surface area contributed by atoms with Crippen LogP contribution in [0.25, 0.3) is 0 Å². The Balaban J connectivity index is 1.87. The number of fused-ring (bicyclic) bond motifs is 1. The van der Waals surface area contributed by atoms with Crippen LogP contribution in [-0.4, -0.2) is 29.8 Å². The van der Waals surface area contributed by atoms with E-state index in [1.807, 2.05) is 25.3 Å². The number of ether oxygens (including phenoxy) is 1. The normalized spacial score (nSPS) is 13.7. The van der Waals surface area contributed by atoms with Crippen LogP contribution in [-0.2, 0) is 11.2 Å². The summed E-state index contributed by atoms with van der Waals surface area (Å²) >= 11 is 1.53. The van der Waals surface area contributed by atoms with Crippen LogP contribution in [0.4, 0.5) is 0 Å². The Morgan fingerprint density at radius 3 is 2.76 bits per heavy atom. The molecule has 0 fully saturated rings. The monoisotopic (exact) mass is 357 g/mol. The first-order valence-electron chi connectivity index (χ1n) is 7.93. The molecule has 0 aromatic heterocycles. The summed E-state index contributed by atoms with van der Waals surface area (Å²) in [7, 11) is 0. The van der Waals surface area contributed by atoms with E-state index in [0.29, 0.717) is 17.7 Å². The second-order valence-corrected chi connectivity index (χ2v) is 6.77. The Hall–Kier alpha value is -2.47. The smallest absolute Gasteiger partial charge is 0.330 e. The van der Waals surface area contributed by atoms with Gasteiger partial charge >= 0.3 is 5.97 Å². The number of thioether (sulfide) groups is 1. The summed E-state index contributed by atoms with van der Waals surface area (Å²) in [5.41, 5.74) is 2.81. The molecule has 0 aliphatic carbocycles. The maximum atomic E-state index is 12.6. The zero-order valence-electron chi connectivity index (χ0n) is 14.0. The molecule has 130 valence electrons. The number of aryl methyl sites for hydroxylation is 1. The van der Waals surface area contributed by atoms with E-state index in [9.17, 15) is 14.7 Å². The van der Waals surface area contributed by atoms with Crippen molar-refractivity contribution in [2.75, 3.05) is 12.9 Å². The van der Waals surface area contributed by atoms with Crippen molar-refractivity contribution in [2.45, 2.75) is 24.3 Å². The molecule has 0 bridgehead atoms. The van der Waals surface area contributed by atoms with E-state index in [2.05, 4.69) is 5.32 Å². The number of carbonyl (C=O) groups is 2. The lowest BCUT2D eigenvalue weighted by atomic mass is 10.0. The van der Waals surface area contributed by atoms with Crippen molar-refractivity contribution < 1.29 is 19.4 Å². The summed E-state index contributed by atoms with van der Waals surface area (Å²) in [5, 5.41) is 12.2. The van der Waals surface area contributed by atoms with Gasteiger partial charge < -0.3 is 15.2 Å². The van der Waals surface area contributed by atoms with Crippen LogP contribution >= 0.6 is 11.8 Å². The summed E-state index contributed by atoms with van der Waals surface area (Å²) < 4.78 is 5.45. The molecule has 1 aliphatic heterocycles. The Kier molecular flexibility index (Phi) is 4.99. The van der Waals surface area contributed by atoms with Gasteiger partial charge in [-0.15, -0.1) is 11.8 Å². The van der Waals surface area contributed by atoms with Crippen LogP contribution in [0.3, 0.4) is 0 Å². The van der Waals surface area contributed by atoms with E-state index in [-0.39, 0.29) is 0 Å². The Labute approximate surface area is 150 Å². The Morgan fingerprint density at radius 2 is 2.04 bits per heavy atom. The third kappa shape index (κ3) is 3.64. The number of nitrogens with one attached hydrogen (secondary N) is 1. The van der Waals surface area contributed by atoms with Crippen molar-refractivity contribution in [2.24, 2.45) is 0 Å².